The number of nitrogens with one attached hydrogen (secondary N) is 1. The molecule has 0 aliphatic carbocycles. The molecule has 7 nitrogen and oxygen atoms in total. The summed E-state index contributed by atoms with van der Waals surface area (Å²) in [6, 6.07) is -0.388. The van der Waals surface area contributed by atoms with Crippen LogP contribution in [0.4, 0.5) is 5.82 Å². The first-order valence-electron chi connectivity index (χ1n) is 5.77. The molecule has 2 amide bonds. The summed E-state index contributed by atoms with van der Waals surface area (Å²) in [4.78, 5) is 33.1. The second kappa shape index (κ2) is 5.09. The molecule has 1 unspecified atom stereocenters. The fraction of sp³-hybridized carbons (Fsp3) is 0.455. The average molecular weight is 249 g/mol. The minimum atomic E-state index is -0.388. The maximum absolute atomic E-state index is 11.7. The molecule has 7 heteroatoms. The Kier molecular flexibility index (Phi) is 3.52. The molecule has 2 rings (SSSR count). The van der Waals surface area contributed by atoms with E-state index in [1.54, 1.807) is 11.1 Å². The van der Waals surface area contributed by atoms with E-state index in [1.807, 2.05) is 6.92 Å². The Hall–Kier alpha value is -2.02. The van der Waals surface area contributed by atoms with Crippen molar-refractivity contribution in [2.75, 3.05) is 11.4 Å². The van der Waals surface area contributed by atoms with Crippen LogP contribution in [0.5, 0.6) is 0 Å². The minimum Gasteiger partial charge on any atom is -0.334 e. The molecular formula is C11H15N5O2. The third kappa shape index (κ3) is 2.30. The Labute approximate surface area is 104 Å². The van der Waals surface area contributed by atoms with Crippen molar-refractivity contribution in [3.8, 4) is 0 Å². The van der Waals surface area contributed by atoms with Gasteiger partial charge in [-0.2, -0.15) is 0 Å². The van der Waals surface area contributed by atoms with E-state index in [-0.39, 0.29) is 24.4 Å². The highest BCUT2D eigenvalue weighted by Crippen LogP contribution is 2.17. The summed E-state index contributed by atoms with van der Waals surface area (Å²) in [7, 11) is 0. The van der Waals surface area contributed by atoms with E-state index >= 15 is 0 Å². The number of imide groups is 1. The highest BCUT2D eigenvalue weighted by Gasteiger charge is 2.33. The van der Waals surface area contributed by atoms with Gasteiger partial charge in [-0.1, -0.05) is 6.92 Å². The van der Waals surface area contributed by atoms with Crippen molar-refractivity contribution in [2.24, 2.45) is 5.73 Å². The molecule has 0 bridgehead atoms. The first kappa shape index (κ1) is 12.4. The van der Waals surface area contributed by atoms with Crippen molar-refractivity contribution in [1.82, 2.24) is 15.3 Å². The molecular weight excluding hydrogens is 234 g/mol. The quantitative estimate of drug-likeness (QED) is 0.678. The number of carbonyl (C=O) groups excluding carboxylic acids is 2. The standard InChI is InChI=1S/C11H15N5O2/c1-2-8-11(18)15-10(17)6-16(8)9-5-13-7(3-12)4-14-9/h4-5,8H,2-3,6,12H2,1H3,(H,15,17,18). The van der Waals surface area contributed by atoms with Gasteiger partial charge in [0.05, 0.1) is 24.6 Å². The largest absolute Gasteiger partial charge is 0.334 e. The van der Waals surface area contributed by atoms with Gasteiger partial charge in [0, 0.05) is 6.54 Å². The lowest BCUT2D eigenvalue weighted by molar-refractivity contribution is -0.132. The molecule has 96 valence electrons. The third-order valence-electron chi connectivity index (χ3n) is 2.84. The number of hydrogen-bond acceptors (Lipinski definition) is 6. The smallest absolute Gasteiger partial charge is 0.249 e. The zero-order valence-electron chi connectivity index (χ0n) is 10.1. The number of hydrogen-bond donors (Lipinski definition) is 2. The van der Waals surface area contributed by atoms with Crippen molar-refractivity contribution >= 4 is 17.6 Å². The molecule has 1 fully saturated rings. The summed E-state index contributed by atoms with van der Waals surface area (Å²) in [6.45, 7) is 2.31. The molecule has 0 aromatic carbocycles. The average Bonchev–Trinajstić information content (AvgIpc) is 2.38. The Morgan fingerprint density at radius 3 is 2.78 bits per heavy atom. The number of rotatable bonds is 3. The van der Waals surface area contributed by atoms with E-state index in [0.717, 1.165) is 0 Å². The lowest BCUT2D eigenvalue weighted by atomic mass is 10.1. The van der Waals surface area contributed by atoms with Crippen molar-refractivity contribution in [3.63, 3.8) is 0 Å². The summed E-state index contributed by atoms with van der Waals surface area (Å²) < 4.78 is 0. The predicted octanol–water partition coefficient (Wildman–Crippen LogP) is -0.823. The fourth-order valence-corrected chi connectivity index (χ4v) is 1.91. The molecule has 1 aromatic rings. The number of aromatic nitrogens is 2. The number of amides is 2. The second-order valence-electron chi connectivity index (χ2n) is 4.03. The Bertz CT molecular complexity index is 459. The van der Waals surface area contributed by atoms with Gasteiger partial charge >= 0.3 is 0 Å². The summed E-state index contributed by atoms with van der Waals surface area (Å²) in [5.74, 6) is -0.102. The second-order valence-corrected chi connectivity index (χ2v) is 4.03. The summed E-state index contributed by atoms with van der Waals surface area (Å²) in [5, 5.41) is 2.31. The first-order chi connectivity index (χ1) is 8.65. The monoisotopic (exact) mass is 249 g/mol. The number of piperazine rings is 1. The summed E-state index contributed by atoms with van der Waals surface area (Å²) in [5.41, 5.74) is 6.11. The van der Waals surface area contributed by atoms with Crippen LogP contribution in [0.25, 0.3) is 0 Å². The van der Waals surface area contributed by atoms with Gasteiger partial charge in [0.1, 0.15) is 11.9 Å². The molecule has 1 aromatic heterocycles. The van der Waals surface area contributed by atoms with Crippen molar-refractivity contribution in [1.29, 1.82) is 0 Å². The van der Waals surface area contributed by atoms with E-state index in [0.29, 0.717) is 24.5 Å². The predicted molar refractivity (Wildman–Crippen MR) is 64.5 cm³/mol. The number of nitrogens with zero attached hydrogens (tertiary/aromatic N) is 3. The van der Waals surface area contributed by atoms with Crippen LogP contribution in [0.1, 0.15) is 19.0 Å². The highest BCUT2D eigenvalue weighted by atomic mass is 16.2. The third-order valence-corrected chi connectivity index (χ3v) is 2.84. The normalized spacial score (nSPS) is 19.9. The van der Waals surface area contributed by atoms with Gasteiger partial charge in [-0.3, -0.25) is 19.9 Å². The maximum atomic E-state index is 11.7. The van der Waals surface area contributed by atoms with Crippen LogP contribution in [0.15, 0.2) is 12.4 Å². The van der Waals surface area contributed by atoms with Crippen LogP contribution >= 0.6 is 0 Å². The van der Waals surface area contributed by atoms with Crippen LogP contribution in [-0.4, -0.2) is 34.4 Å². The maximum Gasteiger partial charge on any atom is 0.249 e. The number of anilines is 1. The fourth-order valence-electron chi connectivity index (χ4n) is 1.91. The summed E-state index contributed by atoms with van der Waals surface area (Å²) in [6.07, 6.45) is 3.69. The summed E-state index contributed by atoms with van der Waals surface area (Å²) >= 11 is 0. The number of nitrogens with two attached hydrogens (primary N) is 1. The highest BCUT2D eigenvalue weighted by molar-refractivity contribution is 6.04. The van der Waals surface area contributed by atoms with Crippen LogP contribution in [-0.2, 0) is 16.1 Å². The van der Waals surface area contributed by atoms with Crippen molar-refractivity contribution in [2.45, 2.75) is 25.9 Å². The van der Waals surface area contributed by atoms with Gasteiger partial charge < -0.3 is 10.6 Å². The van der Waals surface area contributed by atoms with E-state index in [9.17, 15) is 9.59 Å². The SMILES string of the molecule is CCC1C(=O)NC(=O)CN1c1cnc(CN)cn1. The van der Waals surface area contributed by atoms with Gasteiger partial charge in [-0.15, -0.1) is 0 Å². The Balaban J connectivity index is 2.27. The Morgan fingerprint density at radius 2 is 2.22 bits per heavy atom. The van der Waals surface area contributed by atoms with Gasteiger partial charge in [-0.25, -0.2) is 4.98 Å². The zero-order chi connectivity index (χ0) is 13.1. The van der Waals surface area contributed by atoms with Crippen LogP contribution < -0.4 is 16.0 Å². The number of carbonyl (C=O) groups is 2. The molecule has 18 heavy (non-hydrogen) atoms. The molecule has 0 radical (unpaired) electrons. The van der Waals surface area contributed by atoms with Gasteiger partial charge in [0.15, 0.2) is 0 Å². The van der Waals surface area contributed by atoms with E-state index < -0.39 is 0 Å². The molecule has 2 heterocycles. The molecule has 1 aliphatic rings. The van der Waals surface area contributed by atoms with Gasteiger partial charge in [-0.05, 0) is 6.42 Å². The van der Waals surface area contributed by atoms with Crippen LogP contribution in [0.2, 0.25) is 0 Å². The van der Waals surface area contributed by atoms with E-state index in [4.69, 9.17) is 5.73 Å². The molecule has 0 saturated carbocycles. The van der Waals surface area contributed by atoms with Crippen LogP contribution in [0, 0.1) is 0 Å². The topological polar surface area (TPSA) is 101 Å². The first-order valence-corrected chi connectivity index (χ1v) is 5.77. The van der Waals surface area contributed by atoms with Gasteiger partial charge in [0.25, 0.3) is 0 Å². The molecule has 1 aliphatic heterocycles. The minimum absolute atomic E-state index is 0.112. The molecule has 1 saturated heterocycles. The zero-order valence-corrected chi connectivity index (χ0v) is 10.1. The molecule has 3 N–H and O–H groups in total. The molecule has 0 spiro atoms. The van der Waals surface area contributed by atoms with Crippen LogP contribution in [0.3, 0.4) is 0 Å². The van der Waals surface area contributed by atoms with Crippen molar-refractivity contribution in [3.05, 3.63) is 18.1 Å². The van der Waals surface area contributed by atoms with Gasteiger partial charge in [0.2, 0.25) is 11.8 Å². The molecule has 1 atom stereocenters. The lowest BCUT2D eigenvalue weighted by Gasteiger charge is -2.33. The Morgan fingerprint density at radius 1 is 1.44 bits per heavy atom. The lowest BCUT2D eigenvalue weighted by Crippen LogP contribution is -2.58. The van der Waals surface area contributed by atoms with E-state index in [1.165, 1.54) is 6.20 Å². The van der Waals surface area contributed by atoms with E-state index in [2.05, 4.69) is 15.3 Å². The van der Waals surface area contributed by atoms with Crippen molar-refractivity contribution < 1.29 is 9.59 Å².